The van der Waals surface area contributed by atoms with Gasteiger partial charge < -0.3 is 14.8 Å². The van der Waals surface area contributed by atoms with E-state index in [1.54, 1.807) is 6.08 Å². The van der Waals surface area contributed by atoms with E-state index in [1.807, 2.05) is 34.9 Å². The van der Waals surface area contributed by atoms with Gasteiger partial charge in [0.2, 0.25) is 5.91 Å². The molecule has 0 aliphatic heterocycles. The van der Waals surface area contributed by atoms with Crippen LogP contribution in [0.4, 0.5) is 18.9 Å². The van der Waals surface area contributed by atoms with Gasteiger partial charge in [-0.1, -0.05) is 48.2 Å². The first-order chi connectivity index (χ1) is 16.3. The number of alkyl halides is 3. The minimum absolute atomic E-state index is 0.0749. The van der Waals surface area contributed by atoms with Crippen LogP contribution in [-0.4, -0.2) is 46.7 Å². The van der Waals surface area contributed by atoms with Crippen molar-refractivity contribution in [3.8, 4) is 17.1 Å². The number of thioether (sulfide) groups is 1. The number of anilines is 1. The van der Waals surface area contributed by atoms with Gasteiger partial charge in [0.15, 0.2) is 11.0 Å². The lowest BCUT2D eigenvalue weighted by Gasteiger charge is -2.15. The summed E-state index contributed by atoms with van der Waals surface area (Å²) in [5, 5.41) is 11.4. The summed E-state index contributed by atoms with van der Waals surface area (Å²) >= 11 is 1.11. The van der Waals surface area contributed by atoms with E-state index < -0.39 is 17.6 Å². The van der Waals surface area contributed by atoms with Crippen LogP contribution in [0.1, 0.15) is 5.56 Å². The van der Waals surface area contributed by atoms with Crippen molar-refractivity contribution in [1.29, 1.82) is 0 Å². The van der Waals surface area contributed by atoms with Crippen LogP contribution in [0.3, 0.4) is 0 Å². The number of aromatic nitrogens is 3. The van der Waals surface area contributed by atoms with Gasteiger partial charge in [0, 0.05) is 19.2 Å². The molecule has 0 radical (unpaired) electrons. The fourth-order valence-corrected chi connectivity index (χ4v) is 3.72. The summed E-state index contributed by atoms with van der Waals surface area (Å²) in [6.07, 6.45) is -2.87. The molecule has 3 aromatic rings. The molecule has 0 aliphatic rings. The van der Waals surface area contributed by atoms with E-state index in [4.69, 9.17) is 9.47 Å². The largest absolute Gasteiger partial charge is 0.489 e. The molecule has 1 amide bonds. The van der Waals surface area contributed by atoms with Crippen LogP contribution in [0.15, 0.2) is 66.3 Å². The number of carbonyl (C=O) groups is 1. The third-order valence-electron chi connectivity index (χ3n) is 4.52. The van der Waals surface area contributed by atoms with Crippen molar-refractivity contribution in [3.63, 3.8) is 0 Å². The Kier molecular flexibility index (Phi) is 8.72. The highest BCUT2D eigenvalue weighted by Crippen LogP contribution is 2.35. The van der Waals surface area contributed by atoms with Crippen LogP contribution in [0.2, 0.25) is 0 Å². The van der Waals surface area contributed by atoms with Gasteiger partial charge in [0.1, 0.15) is 12.4 Å². The Balaban J connectivity index is 1.74. The van der Waals surface area contributed by atoms with Crippen molar-refractivity contribution in [3.05, 3.63) is 66.7 Å². The second-order valence-corrected chi connectivity index (χ2v) is 7.90. The molecule has 0 saturated carbocycles. The molecule has 0 atom stereocenters. The van der Waals surface area contributed by atoms with Crippen LogP contribution in [0, 0.1) is 0 Å². The number of methoxy groups -OCH3 is 1. The monoisotopic (exact) mass is 492 g/mol. The molecule has 0 saturated heterocycles. The third-order valence-corrected chi connectivity index (χ3v) is 5.49. The van der Waals surface area contributed by atoms with E-state index in [0.29, 0.717) is 17.5 Å². The average Bonchev–Trinajstić information content (AvgIpc) is 3.21. The number of nitrogens with zero attached hydrogens (tertiary/aromatic N) is 3. The number of halogens is 3. The molecule has 2 aromatic carbocycles. The number of hydrogen-bond acceptors (Lipinski definition) is 6. The fourth-order valence-electron chi connectivity index (χ4n) is 2.97. The number of allylic oxidation sites excluding steroid dienone is 1. The Morgan fingerprint density at radius 1 is 1.18 bits per heavy atom. The van der Waals surface area contributed by atoms with E-state index in [-0.39, 0.29) is 30.4 Å². The van der Waals surface area contributed by atoms with E-state index in [0.717, 1.165) is 29.5 Å². The summed E-state index contributed by atoms with van der Waals surface area (Å²) in [4.78, 5) is 12.6. The standard InChI is InChI=1S/C23H23F3N4O3S/c1-3-11-30-21(16-7-5-4-6-8-16)28-29-22(30)34-15-20(31)27-18-14-17(23(24,25)26)9-10-19(18)33-13-12-32-2/h3-10,14H,1,11-13,15H2,2H3,(H,27,31). The quantitative estimate of drug-likeness (QED) is 0.233. The molecule has 0 fully saturated rings. The number of carbonyl (C=O) groups excluding carboxylic acids is 1. The molecule has 0 aliphatic carbocycles. The molecule has 3 rings (SSSR count). The number of rotatable bonds is 11. The SMILES string of the molecule is C=CCn1c(SCC(=O)Nc2cc(C(F)(F)F)ccc2OCCOC)nnc1-c1ccccc1. The molecular formula is C23H23F3N4O3S. The molecule has 0 bridgehead atoms. The van der Waals surface area contributed by atoms with Crippen molar-refractivity contribution >= 4 is 23.4 Å². The van der Waals surface area contributed by atoms with Crippen molar-refractivity contribution in [2.45, 2.75) is 17.9 Å². The molecule has 1 N–H and O–H groups in total. The predicted octanol–water partition coefficient (Wildman–Crippen LogP) is 4.91. The Morgan fingerprint density at radius 2 is 1.94 bits per heavy atom. The molecule has 11 heteroatoms. The topological polar surface area (TPSA) is 78.3 Å². The summed E-state index contributed by atoms with van der Waals surface area (Å²) in [7, 11) is 1.48. The minimum atomic E-state index is -4.56. The Bertz CT molecular complexity index is 1120. The van der Waals surface area contributed by atoms with E-state index in [9.17, 15) is 18.0 Å². The van der Waals surface area contributed by atoms with Crippen LogP contribution in [0.25, 0.3) is 11.4 Å². The Morgan fingerprint density at radius 3 is 2.62 bits per heavy atom. The average molecular weight is 493 g/mol. The lowest BCUT2D eigenvalue weighted by atomic mass is 10.1. The Hall–Kier alpha value is -3.31. The highest BCUT2D eigenvalue weighted by molar-refractivity contribution is 7.99. The minimum Gasteiger partial charge on any atom is -0.489 e. The highest BCUT2D eigenvalue weighted by Gasteiger charge is 2.31. The lowest BCUT2D eigenvalue weighted by Crippen LogP contribution is -2.17. The zero-order chi connectivity index (χ0) is 24.6. The van der Waals surface area contributed by atoms with E-state index in [2.05, 4.69) is 22.1 Å². The van der Waals surface area contributed by atoms with Gasteiger partial charge in [-0.15, -0.1) is 16.8 Å². The summed E-state index contributed by atoms with van der Waals surface area (Å²) in [5.41, 5.74) is -0.114. The molecular weight excluding hydrogens is 469 g/mol. The van der Waals surface area contributed by atoms with Crippen molar-refractivity contribution < 1.29 is 27.4 Å². The van der Waals surface area contributed by atoms with Gasteiger partial charge in [0.05, 0.1) is 23.6 Å². The first-order valence-corrected chi connectivity index (χ1v) is 11.2. The predicted molar refractivity (Wildman–Crippen MR) is 124 cm³/mol. The lowest BCUT2D eigenvalue weighted by molar-refractivity contribution is -0.137. The summed E-state index contributed by atoms with van der Waals surface area (Å²) in [6, 6.07) is 12.3. The number of ether oxygens (including phenoxy) is 2. The third kappa shape index (κ3) is 6.61. The van der Waals surface area contributed by atoms with Crippen LogP contribution >= 0.6 is 11.8 Å². The van der Waals surface area contributed by atoms with Gasteiger partial charge in [-0.3, -0.25) is 9.36 Å². The first-order valence-electron chi connectivity index (χ1n) is 10.2. The van der Waals surface area contributed by atoms with Crippen molar-refractivity contribution in [2.75, 3.05) is 31.4 Å². The van der Waals surface area contributed by atoms with Gasteiger partial charge in [-0.2, -0.15) is 13.2 Å². The van der Waals surface area contributed by atoms with E-state index in [1.165, 1.54) is 13.2 Å². The van der Waals surface area contributed by atoms with Crippen molar-refractivity contribution in [2.24, 2.45) is 0 Å². The molecule has 7 nitrogen and oxygen atoms in total. The van der Waals surface area contributed by atoms with E-state index >= 15 is 0 Å². The van der Waals surface area contributed by atoms with Crippen LogP contribution in [0.5, 0.6) is 5.75 Å². The first kappa shape index (κ1) is 25.3. The number of benzene rings is 2. The maximum absolute atomic E-state index is 13.2. The summed E-state index contributed by atoms with van der Waals surface area (Å²) in [6.45, 7) is 4.53. The number of amides is 1. The molecule has 1 heterocycles. The Labute approximate surface area is 199 Å². The van der Waals surface area contributed by atoms with Gasteiger partial charge in [0.25, 0.3) is 0 Å². The second-order valence-electron chi connectivity index (χ2n) is 6.96. The molecule has 0 unspecified atom stereocenters. The zero-order valence-corrected chi connectivity index (χ0v) is 19.2. The molecule has 34 heavy (non-hydrogen) atoms. The van der Waals surface area contributed by atoms with Crippen LogP contribution < -0.4 is 10.1 Å². The fraction of sp³-hybridized carbons (Fsp3) is 0.261. The number of nitrogens with one attached hydrogen (secondary N) is 1. The highest BCUT2D eigenvalue weighted by atomic mass is 32.2. The van der Waals surface area contributed by atoms with Crippen molar-refractivity contribution in [1.82, 2.24) is 14.8 Å². The van der Waals surface area contributed by atoms with Gasteiger partial charge >= 0.3 is 6.18 Å². The van der Waals surface area contributed by atoms with Crippen LogP contribution in [-0.2, 0) is 22.3 Å². The van der Waals surface area contributed by atoms with Gasteiger partial charge in [-0.25, -0.2) is 0 Å². The molecule has 0 spiro atoms. The zero-order valence-electron chi connectivity index (χ0n) is 18.3. The smallest absolute Gasteiger partial charge is 0.416 e. The second kappa shape index (κ2) is 11.7. The summed E-state index contributed by atoms with van der Waals surface area (Å²) in [5.74, 6) is 0.118. The maximum atomic E-state index is 13.2. The maximum Gasteiger partial charge on any atom is 0.416 e. The molecule has 1 aromatic heterocycles. The normalized spacial score (nSPS) is 11.3. The van der Waals surface area contributed by atoms with Gasteiger partial charge in [-0.05, 0) is 18.2 Å². The number of hydrogen-bond donors (Lipinski definition) is 1. The summed E-state index contributed by atoms with van der Waals surface area (Å²) < 4.78 is 51.7. The molecule has 180 valence electrons.